The normalized spacial score (nSPS) is 13.6. The second-order valence-electron chi connectivity index (χ2n) is 6.26. The van der Waals surface area contributed by atoms with Crippen molar-refractivity contribution in [3.05, 3.63) is 69.0 Å². The highest BCUT2D eigenvalue weighted by atomic mass is 16.6. The average molecular weight is 350 g/mol. The summed E-state index contributed by atoms with van der Waals surface area (Å²) in [5.41, 5.74) is 8.10. The highest BCUT2D eigenvalue weighted by Gasteiger charge is 2.25. The van der Waals surface area contributed by atoms with Crippen LogP contribution in [0.3, 0.4) is 0 Å². The van der Waals surface area contributed by atoms with Crippen LogP contribution in [0.4, 0.5) is 11.4 Å². The Balaban J connectivity index is 1.83. The monoisotopic (exact) mass is 350 g/mol. The lowest BCUT2D eigenvalue weighted by molar-refractivity contribution is -0.384. The van der Waals surface area contributed by atoms with Crippen LogP contribution < -0.4 is 5.73 Å². The number of nitrogens with two attached hydrogens (primary N) is 1. The van der Waals surface area contributed by atoms with Gasteiger partial charge in [0.2, 0.25) is 5.78 Å². The molecule has 0 bridgehead atoms. The largest absolute Gasteiger partial charge is 0.450 e. The second-order valence-corrected chi connectivity index (χ2v) is 6.26. The Morgan fingerprint density at radius 1 is 1.19 bits per heavy atom. The molecular weight excluding hydrogens is 336 g/mol. The number of anilines is 1. The first-order chi connectivity index (χ1) is 12.5. The quantitative estimate of drug-likeness (QED) is 0.437. The maximum atomic E-state index is 12.7. The first-order valence-corrected chi connectivity index (χ1v) is 8.13. The zero-order valence-corrected chi connectivity index (χ0v) is 13.7. The van der Waals surface area contributed by atoms with Crippen LogP contribution >= 0.6 is 0 Å². The van der Waals surface area contributed by atoms with Crippen LogP contribution in [0.25, 0.3) is 11.0 Å². The minimum absolute atomic E-state index is 0.0558. The predicted octanol–water partition coefficient (Wildman–Crippen LogP) is 3.67. The smallest absolute Gasteiger partial charge is 0.270 e. The van der Waals surface area contributed by atoms with Gasteiger partial charge in [0.25, 0.3) is 5.69 Å². The summed E-state index contributed by atoms with van der Waals surface area (Å²) in [6.45, 7) is 0. The molecule has 0 aliphatic heterocycles. The second kappa shape index (κ2) is 5.80. The van der Waals surface area contributed by atoms with Crippen molar-refractivity contribution in [2.45, 2.75) is 19.3 Å². The van der Waals surface area contributed by atoms with Gasteiger partial charge in [0.15, 0.2) is 11.5 Å². The number of benzene rings is 2. The zero-order valence-electron chi connectivity index (χ0n) is 13.7. The van der Waals surface area contributed by atoms with Gasteiger partial charge in [-0.15, -0.1) is 0 Å². The summed E-state index contributed by atoms with van der Waals surface area (Å²) in [6.07, 6.45) is 2.05. The van der Waals surface area contributed by atoms with Crippen LogP contribution in [0.5, 0.6) is 0 Å². The third-order valence-corrected chi connectivity index (χ3v) is 4.63. The lowest BCUT2D eigenvalue weighted by atomic mass is 9.89. The zero-order chi connectivity index (χ0) is 18.4. The first-order valence-electron chi connectivity index (χ1n) is 8.13. The third-order valence-electron chi connectivity index (χ3n) is 4.63. The van der Waals surface area contributed by atoms with E-state index in [0.717, 1.165) is 18.4 Å². The van der Waals surface area contributed by atoms with E-state index in [1.807, 2.05) is 0 Å². The summed E-state index contributed by atoms with van der Waals surface area (Å²) >= 11 is 0. The Hall–Kier alpha value is -3.48. The molecule has 0 fully saturated rings. The molecule has 1 aromatic heterocycles. The highest BCUT2D eigenvalue weighted by Crippen LogP contribution is 2.34. The Morgan fingerprint density at radius 2 is 2.00 bits per heavy atom. The first kappa shape index (κ1) is 16.0. The molecule has 7 heteroatoms. The van der Waals surface area contributed by atoms with Crippen LogP contribution in [0, 0.1) is 10.1 Å². The lowest BCUT2D eigenvalue weighted by Crippen LogP contribution is -2.10. The van der Waals surface area contributed by atoms with Gasteiger partial charge in [-0.05, 0) is 30.5 Å². The van der Waals surface area contributed by atoms with Crippen molar-refractivity contribution in [1.82, 2.24) is 0 Å². The molecule has 0 amide bonds. The molecule has 26 heavy (non-hydrogen) atoms. The number of nitro benzene ring substituents is 1. The van der Waals surface area contributed by atoms with Crippen LogP contribution in [-0.4, -0.2) is 16.5 Å². The number of rotatable bonds is 3. The summed E-state index contributed by atoms with van der Waals surface area (Å²) in [4.78, 5) is 35.2. The minimum Gasteiger partial charge on any atom is -0.450 e. The molecule has 2 aromatic carbocycles. The molecule has 7 nitrogen and oxygen atoms in total. The number of carbonyl (C=O) groups excluding carboxylic acids is 2. The van der Waals surface area contributed by atoms with Gasteiger partial charge in [0, 0.05) is 35.1 Å². The standard InChI is InChI=1S/C19H14N2O5/c20-17-14-9-13-10(3-2-6-15(13)22)8-16(14)26-19(17)18(23)11-4-1-5-12(7-11)21(24)25/h1,4-5,7-9H,2-3,6,20H2. The van der Waals surface area contributed by atoms with Crippen LogP contribution in [0.15, 0.2) is 40.8 Å². The molecule has 0 unspecified atom stereocenters. The number of hydrogen-bond acceptors (Lipinski definition) is 6. The van der Waals surface area contributed by atoms with E-state index in [1.54, 1.807) is 12.1 Å². The minimum atomic E-state index is -0.571. The van der Waals surface area contributed by atoms with E-state index in [9.17, 15) is 19.7 Å². The molecule has 0 spiro atoms. The highest BCUT2D eigenvalue weighted by molar-refractivity contribution is 6.15. The molecule has 0 radical (unpaired) electrons. The number of non-ortho nitro benzene ring substituents is 1. The molecule has 0 saturated heterocycles. The molecule has 2 N–H and O–H groups in total. The number of carbonyl (C=O) groups is 2. The molecule has 3 aromatic rings. The van der Waals surface area contributed by atoms with E-state index < -0.39 is 10.7 Å². The fourth-order valence-electron chi connectivity index (χ4n) is 3.31. The van der Waals surface area contributed by atoms with Gasteiger partial charge in [-0.1, -0.05) is 12.1 Å². The molecule has 4 rings (SSSR count). The Labute approximate surface area is 147 Å². The number of furan rings is 1. The molecular formula is C19H14N2O5. The van der Waals surface area contributed by atoms with Crippen molar-refractivity contribution < 1.29 is 18.9 Å². The van der Waals surface area contributed by atoms with Gasteiger partial charge in [0.05, 0.1) is 10.6 Å². The Morgan fingerprint density at radius 3 is 2.77 bits per heavy atom. The van der Waals surface area contributed by atoms with E-state index >= 15 is 0 Å². The van der Waals surface area contributed by atoms with E-state index in [-0.39, 0.29) is 28.5 Å². The number of nitrogens with zero attached hydrogens (tertiary/aromatic N) is 1. The summed E-state index contributed by atoms with van der Waals surface area (Å²) in [6, 6.07) is 8.82. The average Bonchev–Trinajstić information content (AvgIpc) is 2.96. The number of Topliss-reactive ketones (excluding diaryl/α,β-unsaturated/α-hetero) is 1. The van der Waals surface area contributed by atoms with Crippen molar-refractivity contribution in [3.8, 4) is 0 Å². The molecule has 0 saturated carbocycles. The summed E-state index contributed by atoms with van der Waals surface area (Å²) in [5.74, 6) is -0.553. The Bertz CT molecular complexity index is 1100. The summed E-state index contributed by atoms with van der Waals surface area (Å²) < 4.78 is 5.66. The molecule has 0 atom stereocenters. The number of ketones is 2. The van der Waals surface area contributed by atoms with Gasteiger partial charge in [-0.25, -0.2) is 0 Å². The third kappa shape index (κ3) is 2.45. The predicted molar refractivity (Wildman–Crippen MR) is 94.4 cm³/mol. The van der Waals surface area contributed by atoms with Gasteiger partial charge >= 0.3 is 0 Å². The van der Waals surface area contributed by atoms with E-state index in [0.29, 0.717) is 23.0 Å². The van der Waals surface area contributed by atoms with Crippen molar-refractivity contribution in [2.24, 2.45) is 0 Å². The molecule has 1 heterocycles. The molecule has 1 aliphatic carbocycles. The van der Waals surface area contributed by atoms with Gasteiger partial charge < -0.3 is 10.2 Å². The van der Waals surface area contributed by atoms with Crippen molar-refractivity contribution >= 4 is 33.9 Å². The Kier molecular flexibility index (Phi) is 3.57. The van der Waals surface area contributed by atoms with E-state index in [4.69, 9.17) is 10.2 Å². The van der Waals surface area contributed by atoms with Crippen LogP contribution in [0.2, 0.25) is 0 Å². The van der Waals surface area contributed by atoms with Crippen molar-refractivity contribution in [3.63, 3.8) is 0 Å². The fourth-order valence-corrected chi connectivity index (χ4v) is 3.31. The van der Waals surface area contributed by atoms with Crippen molar-refractivity contribution in [2.75, 3.05) is 5.73 Å². The number of aryl methyl sites for hydroxylation is 1. The van der Waals surface area contributed by atoms with Gasteiger partial charge in [0.1, 0.15) is 5.58 Å². The van der Waals surface area contributed by atoms with Crippen LogP contribution in [-0.2, 0) is 6.42 Å². The lowest BCUT2D eigenvalue weighted by Gasteiger charge is -2.13. The van der Waals surface area contributed by atoms with Crippen molar-refractivity contribution in [1.29, 1.82) is 0 Å². The van der Waals surface area contributed by atoms with E-state index in [2.05, 4.69) is 0 Å². The number of nitrogen functional groups attached to an aromatic ring is 1. The topological polar surface area (TPSA) is 116 Å². The van der Waals surface area contributed by atoms with Gasteiger partial charge in [-0.3, -0.25) is 19.7 Å². The molecule has 130 valence electrons. The number of nitro groups is 1. The van der Waals surface area contributed by atoms with Crippen LogP contribution in [0.1, 0.15) is 44.9 Å². The fraction of sp³-hybridized carbons (Fsp3) is 0.158. The summed E-state index contributed by atoms with van der Waals surface area (Å²) in [7, 11) is 0. The van der Waals surface area contributed by atoms with E-state index in [1.165, 1.54) is 24.3 Å². The maximum Gasteiger partial charge on any atom is 0.270 e. The SMILES string of the molecule is Nc1c(C(=O)c2cccc([N+](=O)[O-])c2)oc2cc3c(cc12)C(=O)CCC3. The number of fused-ring (bicyclic) bond motifs is 2. The maximum absolute atomic E-state index is 12.7. The summed E-state index contributed by atoms with van der Waals surface area (Å²) in [5, 5.41) is 11.4. The van der Waals surface area contributed by atoms with Gasteiger partial charge in [-0.2, -0.15) is 0 Å². The molecule has 1 aliphatic rings. The number of hydrogen-bond donors (Lipinski definition) is 1.